The molecule has 6 heteroatoms. The minimum Gasteiger partial charge on any atom is -0.394 e. The predicted octanol–water partition coefficient (Wildman–Crippen LogP) is 1.55. The van der Waals surface area contributed by atoms with Gasteiger partial charge in [0.25, 0.3) is 0 Å². The summed E-state index contributed by atoms with van der Waals surface area (Å²) < 4.78 is 0. The van der Waals surface area contributed by atoms with E-state index in [2.05, 4.69) is 37.3 Å². The minimum atomic E-state index is -0.100. The Morgan fingerprint density at radius 1 is 1.32 bits per heavy atom. The summed E-state index contributed by atoms with van der Waals surface area (Å²) in [6.45, 7) is 1.89. The molecular formula is C16H15N5O. The summed E-state index contributed by atoms with van der Waals surface area (Å²) in [5, 5.41) is 20.2. The standard InChI is InChI=1S/C16H15N5O/c1-11(9-22)20-16-14(7-17-10-18-16)5-3-12-2-4-13-8-19-21-15(13)6-12/h2,4,6-8,10-11,22H,9H2,1H3,(H,19,21)(H,17,18,20)/t11-/m1/s1. The maximum Gasteiger partial charge on any atom is 0.145 e. The highest BCUT2D eigenvalue weighted by atomic mass is 16.3. The van der Waals surface area contributed by atoms with Gasteiger partial charge in [0, 0.05) is 23.2 Å². The number of rotatable bonds is 3. The number of aromatic nitrogens is 4. The Labute approximate surface area is 127 Å². The van der Waals surface area contributed by atoms with Crippen LogP contribution in [0.1, 0.15) is 18.1 Å². The number of benzene rings is 1. The van der Waals surface area contributed by atoms with Crippen molar-refractivity contribution in [2.45, 2.75) is 13.0 Å². The number of aliphatic hydroxyl groups is 1. The molecule has 3 aromatic rings. The van der Waals surface area contributed by atoms with Gasteiger partial charge in [0.1, 0.15) is 12.1 Å². The highest BCUT2D eigenvalue weighted by Crippen LogP contribution is 2.13. The number of hydrogen-bond donors (Lipinski definition) is 3. The van der Waals surface area contributed by atoms with Gasteiger partial charge < -0.3 is 10.4 Å². The predicted molar refractivity (Wildman–Crippen MR) is 84.3 cm³/mol. The van der Waals surface area contributed by atoms with Gasteiger partial charge in [-0.3, -0.25) is 5.10 Å². The molecule has 0 bridgehead atoms. The summed E-state index contributed by atoms with van der Waals surface area (Å²) in [6.07, 6.45) is 4.88. The first-order valence-electron chi connectivity index (χ1n) is 6.89. The monoisotopic (exact) mass is 293 g/mol. The quantitative estimate of drug-likeness (QED) is 0.638. The molecular weight excluding hydrogens is 278 g/mol. The fourth-order valence-electron chi connectivity index (χ4n) is 1.97. The van der Waals surface area contributed by atoms with Crippen molar-refractivity contribution >= 4 is 16.7 Å². The van der Waals surface area contributed by atoms with Gasteiger partial charge in [0.15, 0.2) is 0 Å². The van der Waals surface area contributed by atoms with Crippen LogP contribution in [0.15, 0.2) is 36.9 Å². The van der Waals surface area contributed by atoms with E-state index in [1.165, 1.54) is 6.33 Å². The summed E-state index contributed by atoms with van der Waals surface area (Å²) in [5.41, 5.74) is 2.51. The van der Waals surface area contributed by atoms with Crippen molar-refractivity contribution in [2.75, 3.05) is 11.9 Å². The van der Waals surface area contributed by atoms with E-state index >= 15 is 0 Å². The van der Waals surface area contributed by atoms with Crippen LogP contribution in [0.5, 0.6) is 0 Å². The molecule has 1 aromatic carbocycles. The van der Waals surface area contributed by atoms with Crippen LogP contribution in [0.25, 0.3) is 10.9 Å². The molecule has 2 aromatic heterocycles. The number of nitrogens with one attached hydrogen (secondary N) is 2. The summed E-state index contributed by atoms with van der Waals surface area (Å²) in [6, 6.07) is 5.76. The summed E-state index contributed by atoms with van der Waals surface area (Å²) in [7, 11) is 0. The molecule has 2 heterocycles. The molecule has 110 valence electrons. The molecule has 0 fully saturated rings. The molecule has 0 saturated carbocycles. The largest absolute Gasteiger partial charge is 0.394 e. The number of hydrogen-bond acceptors (Lipinski definition) is 5. The normalized spacial score (nSPS) is 11.7. The Morgan fingerprint density at radius 3 is 3.09 bits per heavy atom. The fraction of sp³-hybridized carbons (Fsp3) is 0.188. The molecule has 0 amide bonds. The third-order valence-electron chi connectivity index (χ3n) is 3.15. The minimum absolute atomic E-state index is 0.0212. The number of aromatic amines is 1. The maximum absolute atomic E-state index is 9.12. The van der Waals surface area contributed by atoms with Crippen molar-refractivity contribution in [3.63, 3.8) is 0 Å². The Balaban J connectivity index is 1.89. The zero-order valence-corrected chi connectivity index (χ0v) is 12.0. The summed E-state index contributed by atoms with van der Waals surface area (Å²) >= 11 is 0. The van der Waals surface area contributed by atoms with Crippen LogP contribution in [-0.2, 0) is 0 Å². The lowest BCUT2D eigenvalue weighted by molar-refractivity contribution is 0.281. The number of anilines is 1. The van der Waals surface area contributed by atoms with E-state index in [9.17, 15) is 0 Å². The third kappa shape index (κ3) is 3.05. The lowest BCUT2D eigenvalue weighted by Crippen LogP contribution is -2.20. The van der Waals surface area contributed by atoms with Gasteiger partial charge in [-0.25, -0.2) is 9.97 Å². The van der Waals surface area contributed by atoms with Crippen LogP contribution < -0.4 is 5.32 Å². The van der Waals surface area contributed by atoms with Crippen molar-refractivity contribution in [2.24, 2.45) is 0 Å². The van der Waals surface area contributed by atoms with E-state index < -0.39 is 0 Å². The highest BCUT2D eigenvalue weighted by molar-refractivity contribution is 5.79. The smallest absolute Gasteiger partial charge is 0.145 e. The second kappa shape index (κ2) is 6.24. The number of fused-ring (bicyclic) bond motifs is 1. The Hall–Kier alpha value is -2.91. The number of nitrogens with zero attached hydrogens (tertiary/aromatic N) is 3. The Kier molecular flexibility index (Phi) is 3.99. The molecule has 6 nitrogen and oxygen atoms in total. The van der Waals surface area contributed by atoms with E-state index in [1.807, 2.05) is 25.1 Å². The maximum atomic E-state index is 9.12. The van der Waals surface area contributed by atoms with Gasteiger partial charge in [-0.2, -0.15) is 5.10 Å². The van der Waals surface area contributed by atoms with E-state index in [4.69, 9.17) is 5.11 Å². The van der Waals surface area contributed by atoms with Crippen LogP contribution >= 0.6 is 0 Å². The van der Waals surface area contributed by atoms with Gasteiger partial charge in [-0.15, -0.1) is 0 Å². The lowest BCUT2D eigenvalue weighted by Gasteiger charge is -2.11. The molecule has 0 saturated heterocycles. The Bertz CT molecular complexity index is 846. The van der Waals surface area contributed by atoms with Gasteiger partial charge >= 0.3 is 0 Å². The molecule has 0 unspecified atom stereocenters. The van der Waals surface area contributed by atoms with Crippen LogP contribution in [0.4, 0.5) is 5.82 Å². The van der Waals surface area contributed by atoms with Crippen LogP contribution in [0.3, 0.4) is 0 Å². The first kappa shape index (κ1) is 14.0. The first-order chi connectivity index (χ1) is 10.8. The molecule has 0 aliphatic heterocycles. The highest BCUT2D eigenvalue weighted by Gasteiger charge is 2.05. The van der Waals surface area contributed by atoms with Crippen LogP contribution in [0.2, 0.25) is 0 Å². The zero-order chi connectivity index (χ0) is 15.4. The SMILES string of the molecule is C[C@H](CO)Nc1ncncc1C#Cc1ccc2cn[nH]c2c1. The zero-order valence-electron chi connectivity index (χ0n) is 12.0. The van der Waals surface area contributed by atoms with E-state index in [0.717, 1.165) is 16.5 Å². The molecule has 3 N–H and O–H groups in total. The van der Waals surface area contributed by atoms with Crippen LogP contribution in [0, 0.1) is 11.8 Å². The second-order valence-corrected chi connectivity index (χ2v) is 4.94. The number of aliphatic hydroxyl groups excluding tert-OH is 1. The Morgan fingerprint density at radius 2 is 2.23 bits per heavy atom. The van der Waals surface area contributed by atoms with Crippen molar-refractivity contribution in [1.29, 1.82) is 0 Å². The first-order valence-corrected chi connectivity index (χ1v) is 6.89. The average molecular weight is 293 g/mol. The van der Waals surface area contributed by atoms with Gasteiger partial charge in [0.2, 0.25) is 0 Å². The molecule has 0 radical (unpaired) electrons. The van der Waals surface area contributed by atoms with Crippen molar-refractivity contribution < 1.29 is 5.11 Å². The van der Waals surface area contributed by atoms with E-state index in [-0.39, 0.29) is 12.6 Å². The third-order valence-corrected chi connectivity index (χ3v) is 3.15. The summed E-state index contributed by atoms with van der Waals surface area (Å²) in [4.78, 5) is 8.17. The molecule has 0 aliphatic rings. The second-order valence-electron chi connectivity index (χ2n) is 4.94. The van der Waals surface area contributed by atoms with Crippen molar-refractivity contribution in [3.8, 4) is 11.8 Å². The van der Waals surface area contributed by atoms with E-state index in [1.54, 1.807) is 12.4 Å². The van der Waals surface area contributed by atoms with E-state index in [0.29, 0.717) is 11.4 Å². The molecule has 3 rings (SSSR count). The van der Waals surface area contributed by atoms with Crippen LogP contribution in [-0.4, -0.2) is 37.9 Å². The molecule has 1 atom stereocenters. The average Bonchev–Trinajstić information content (AvgIpc) is 3.01. The molecule has 22 heavy (non-hydrogen) atoms. The van der Waals surface area contributed by atoms with Gasteiger partial charge in [-0.05, 0) is 25.1 Å². The topological polar surface area (TPSA) is 86.7 Å². The fourth-order valence-corrected chi connectivity index (χ4v) is 1.97. The van der Waals surface area contributed by atoms with Crippen molar-refractivity contribution in [1.82, 2.24) is 20.2 Å². The number of H-pyrrole nitrogens is 1. The summed E-state index contributed by atoms with van der Waals surface area (Å²) in [5.74, 6) is 6.77. The van der Waals surface area contributed by atoms with Gasteiger partial charge in [0.05, 0.1) is 23.9 Å². The van der Waals surface area contributed by atoms with Gasteiger partial charge in [-0.1, -0.05) is 11.8 Å². The van der Waals surface area contributed by atoms with Crippen molar-refractivity contribution in [3.05, 3.63) is 48.0 Å². The molecule has 0 aliphatic carbocycles. The lowest BCUT2D eigenvalue weighted by atomic mass is 10.1. The molecule has 0 spiro atoms.